The van der Waals surface area contributed by atoms with Gasteiger partial charge in [0.05, 0.1) is 12.5 Å². The average molecular weight is 363 g/mol. The van der Waals surface area contributed by atoms with Crippen LogP contribution in [0.4, 0.5) is 0 Å². The van der Waals surface area contributed by atoms with E-state index in [0.29, 0.717) is 17.3 Å². The van der Waals surface area contributed by atoms with Crippen LogP contribution in [-0.4, -0.2) is 35.9 Å². The van der Waals surface area contributed by atoms with Crippen molar-refractivity contribution in [3.05, 3.63) is 53.5 Å². The van der Waals surface area contributed by atoms with Crippen molar-refractivity contribution >= 4 is 23.7 Å². The normalized spacial score (nSPS) is 19.6. The van der Waals surface area contributed by atoms with Gasteiger partial charge in [0.15, 0.2) is 0 Å². The number of carboxylic acid groups (broad SMARTS) is 1. The summed E-state index contributed by atoms with van der Waals surface area (Å²) in [6.07, 6.45) is 0. The third-order valence-electron chi connectivity index (χ3n) is 3.67. The third kappa shape index (κ3) is 4.15. The first-order valence-corrected chi connectivity index (χ1v) is 8.62. The molecule has 1 aliphatic heterocycles. The SMILES string of the molecule is COC(=O)c1ccc(COc2cccc(C3NC(C(=O)O)CS3)c2)o1. The van der Waals surface area contributed by atoms with E-state index in [9.17, 15) is 9.59 Å². The number of aliphatic carboxylic acids is 1. The van der Waals surface area contributed by atoms with E-state index >= 15 is 0 Å². The molecule has 2 atom stereocenters. The molecular weight excluding hydrogens is 346 g/mol. The lowest BCUT2D eigenvalue weighted by Crippen LogP contribution is -2.33. The van der Waals surface area contributed by atoms with Gasteiger partial charge in [-0.3, -0.25) is 10.1 Å². The van der Waals surface area contributed by atoms with Crippen molar-refractivity contribution in [3.8, 4) is 5.75 Å². The molecule has 7 nitrogen and oxygen atoms in total. The summed E-state index contributed by atoms with van der Waals surface area (Å²) in [5.74, 6) is 0.404. The van der Waals surface area contributed by atoms with Gasteiger partial charge in [0, 0.05) is 5.75 Å². The molecule has 0 radical (unpaired) electrons. The first-order chi connectivity index (χ1) is 12.1. The van der Waals surface area contributed by atoms with Crippen LogP contribution in [0, 0.1) is 0 Å². The fourth-order valence-electron chi connectivity index (χ4n) is 2.39. The van der Waals surface area contributed by atoms with Crippen molar-refractivity contribution < 1.29 is 28.6 Å². The summed E-state index contributed by atoms with van der Waals surface area (Å²) in [5.41, 5.74) is 0.945. The Labute approximate surface area is 148 Å². The molecule has 3 rings (SSSR count). The zero-order chi connectivity index (χ0) is 17.8. The fraction of sp³-hybridized carbons (Fsp3) is 0.294. The second-order valence-corrected chi connectivity index (χ2v) is 6.53. The maximum Gasteiger partial charge on any atom is 0.373 e. The van der Waals surface area contributed by atoms with E-state index in [1.165, 1.54) is 13.2 Å². The van der Waals surface area contributed by atoms with Crippen molar-refractivity contribution in [2.24, 2.45) is 0 Å². The number of nitrogens with one attached hydrogen (secondary N) is 1. The van der Waals surface area contributed by atoms with Gasteiger partial charge in [0.25, 0.3) is 0 Å². The third-order valence-corrected chi connectivity index (χ3v) is 4.94. The molecule has 25 heavy (non-hydrogen) atoms. The summed E-state index contributed by atoms with van der Waals surface area (Å²) in [4.78, 5) is 22.4. The zero-order valence-corrected chi connectivity index (χ0v) is 14.2. The summed E-state index contributed by atoms with van der Waals surface area (Å²) in [7, 11) is 1.29. The number of benzene rings is 1. The molecule has 1 saturated heterocycles. The van der Waals surface area contributed by atoms with Crippen LogP contribution >= 0.6 is 11.8 Å². The number of ether oxygens (including phenoxy) is 2. The highest BCUT2D eigenvalue weighted by atomic mass is 32.2. The topological polar surface area (TPSA) is 98.0 Å². The Bertz CT molecular complexity index is 774. The van der Waals surface area contributed by atoms with E-state index in [0.717, 1.165) is 5.56 Å². The Morgan fingerprint density at radius 2 is 2.20 bits per heavy atom. The summed E-state index contributed by atoms with van der Waals surface area (Å²) >= 11 is 1.55. The number of hydrogen-bond acceptors (Lipinski definition) is 7. The quantitative estimate of drug-likeness (QED) is 0.755. The van der Waals surface area contributed by atoms with Gasteiger partial charge in [-0.05, 0) is 29.8 Å². The molecule has 0 amide bonds. The maximum absolute atomic E-state index is 11.4. The van der Waals surface area contributed by atoms with Gasteiger partial charge < -0.3 is 19.0 Å². The molecule has 2 unspecified atom stereocenters. The van der Waals surface area contributed by atoms with Crippen LogP contribution in [0.5, 0.6) is 5.75 Å². The summed E-state index contributed by atoms with van der Waals surface area (Å²) in [6.45, 7) is 0.170. The fourth-order valence-corrected chi connectivity index (χ4v) is 3.62. The predicted molar refractivity (Wildman–Crippen MR) is 90.6 cm³/mol. The lowest BCUT2D eigenvalue weighted by molar-refractivity contribution is -0.138. The second kappa shape index (κ2) is 7.62. The Hall–Kier alpha value is -2.45. The van der Waals surface area contributed by atoms with E-state index in [-0.39, 0.29) is 17.7 Å². The van der Waals surface area contributed by atoms with Gasteiger partial charge >= 0.3 is 11.9 Å². The van der Waals surface area contributed by atoms with Crippen LogP contribution in [0.1, 0.15) is 27.3 Å². The molecule has 1 aliphatic rings. The summed E-state index contributed by atoms with van der Waals surface area (Å²) in [5, 5.41) is 12.0. The Morgan fingerprint density at radius 1 is 1.36 bits per heavy atom. The van der Waals surface area contributed by atoms with Gasteiger partial charge in [-0.1, -0.05) is 12.1 Å². The lowest BCUT2D eigenvalue weighted by Gasteiger charge is -2.13. The molecule has 1 aromatic carbocycles. The minimum Gasteiger partial charge on any atom is -0.486 e. The van der Waals surface area contributed by atoms with Crippen molar-refractivity contribution in [2.45, 2.75) is 18.0 Å². The molecule has 0 spiro atoms. The smallest absolute Gasteiger partial charge is 0.373 e. The molecular formula is C17H17NO6S. The van der Waals surface area contributed by atoms with Crippen LogP contribution in [0.2, 0.25) is 0 Å². The summed E-state index contributed by atoms with van der Waals surface area (Å²) in [6, 6.07) is 10.1. The zero-order valence-electron chi connectivity index (χ0n) is 13.4. The highest BCUT2D eigenvalue weighted by Crippen LogP contribution is 2.34. The molecule has 0 bridgehead atoms. The van der Waals surface area contributed by atoms with E-state index in [2.05, 4.69) is 10.1 Å². The number of furan rings is 1. The van der Waals surface area contributed by atoms with Gasteiger partial charge in [-0.15, -0.1) is 11.8 Å². The molecule has 132 valence electrons. The first kappa shape index (κ1) is 17.4. The van der Waals surface area contributed by atoms with Crippen molar-refractivity contribution in [1.29, 1.82) is 0 Å². The van der Waals surface area contributed by atoms with Gasteiger partial charge in [0.2, 0.25) is 5.76 Å². The number of carbonyl (C=O) groups excluding carboxylic acids is 1. The molecule has 2 heterocycles. The molecule has 1 aromatic heterocycles. The largest absolute Gasteiger partial charge is 0.486 e. The first-order valence-electron chi connectivity index (χ1n) is 7.57. The Kier molecular flexibility index (Phi) is 5.30. The Balaban J connectivity index is 1.61. The van der Waals surface area contributed by atoms with Crippen LogP contribution < -0.4 is 10.1 Å². The number of carboxylic acids is 1. The van der Waals surface area contributed by atoms with Gasteiger partial charge in [-0.2, -0.15) is 0 Å². The molecule has 2 N–H and O–H groups in total. The number of rotatable bonds is 6. The number of carbonyl (C=O) groups is 2. The number of hydrogen-bond donors (Lipinski definition) is 2. The van der Waals surface area contributed by atoms with E-state index in [1.807, 2.05) is 24.3 Å². The highest BCUT2D eigenvalue weighted by molar-refractivity contribution is 7.99. The van der Waals surface area contributed by atoms with E-state index < -0.39 is 18.0 Å². The van der Waals surface area contributed by atoms with Gasteiger partial charge in [0.1, 0.15) is 24.2 Å². The Morgan fingerprint density at radius 3 is 2.92 bits per heavy atom. The van der Waals surface area contributed by atoms with Crippen LogP contribution in [0.25, 0.3) is 0 Å². The number of thioether (sulfide) groups is 1. The van der Waals surface area contributed by atoms with E-state index in [4.69, 9.17) is 14.3 Å². The number of esters is 1. The predicted octanol–water partition coefficient (Wildman–Crippen LogP) is 2.43. The van der Waals surface area contributed by atoms with Crippen LogP contribution in [-0.2, 0) is 16.1 Å². The van der Waals surface area contributed by atoms with E-state index in [1.54, 1.807) is 17.8 Å². The molecule has 2 aromatic rings. The standard InChI is InChI=1S/C17H17NO6S/c1-22-17(21)14-6-5-12(24-14)8-23-11-4-2-3-10(7-11)15-18-13(9-25-15)16(19)20/h2-7,13,15,18H,8-9H2,1H3,(H,19,20). The lowest BCUT2D eigenvalue weighted by atomic mass is 10.2. The molecule has 0 aliphatic carbocycles. The number of methoxy groups -OCH3 is 1. The minimum absolute atomic E-state index is 0.0841. The van der Waals surface area contributed by atoms with Crippen molar-refractivity contribution in [3.63, 3.8) is 0 Å². The minimum atomic E-state index is -0.846. The molecule has 8 heteroatoms. The molecule has 0 saturated carbocycles. The monoisotopic (exact) mass is 363 g/mol. The van der Waals surface area contributed by atoms with Gasteiger partial charge in [-0.25, -0.2) is 4.79 Å². The van der Waals surface area contributed by atoms with Crippen molar-refractivity contribution in [1.82, 2.24) is 5.32 Å². The van der Waals surface area contributed by atoms with Crippen LogP contribution in [0.3, 0.4) is 0 Å². The summed E-state index contributed by atoms with van der Waals surface area (Å²) < 4.78 is 15.6. The maximum atomic E-state index is 11.4. The van der Waals surface area contributed by atoms with Crippen molar-refractivity contribution in [2.75, 3.05) is 12.9 Å². The average Bonchev–Trinajstić information content (AvgIpc) is 3.29. The highest BCUT2D eigenvalue weighted by Gasteiger charge is 2.30. The van der Waals surface area contributed by atoms with Crippen LogP contribution in [0.15, 0.2) is 40.8 Å². The second-order valence-electron chi connectivity index (χ2n) is 5.39. The molecule has 1 fully saturated rings.